The summed E-state index contributed by atoms with van der Waals surface area (Å²) < 4.78 is 0. The van der Waals surface area contributed by atoms with Crippen LogP contribution in [-0.2, 0) is 4.79 Å². The first kappa shape index (κ1) is 12.0. The summed E-state index contributed by atoms with van der Waals surface area (Å²) in [7, 11) is 0. The van der Waals surface area contributed by atoms with Crippen LogP contribution in [0.25, 0.3) is 0 Å². The number of amides is 1. The average Bonchev–Trinajstić information content (AvgIpc) is 2.80. The van der Waals surface area contributed by atoms with Crippen molar-refractivity contribution >= 4 is 23.5 Å². The molecule has 1 rings (SSSR count). The van der Waals surface area contributed by atoms with Gasteiger partial charge in [-0.3, -0.25) is 4.79 Å². The third kappa shape index (κ3) is 3.59. The van der Waals surface area contributed by atoms with E-state index < -0.39 is 5.91 Å². The first-order valence-corrected chi connectivity index (χ1v) is 4.87. The molecule has 0 atom stereocenters. The predicted molar refractivity (Wildman–Crippen MR) is 57.4 cm³/mol. The monoisotopic (exact) mass is 240 g/mol. The number of aromatic nitrogens is 3. The normalized spacial score (nSPS) is 10.6. The van der Waals surface area contributed by atoms with E-state index in [2.05, 4.69) is 25.8 Å². The summed E-state index contributed by atoms with van der Waals surface area (Å²) in [6, 6.07) is 1.75. The van der Waals surface area contributed by atoms with Gasteiger partial charge >= 0.3 is 0 Å². The lowest BCUT2D eigenvalue weighted by Gasteiger charge is -2.00. The molecule has 7 nitrogen and oxygen atoms in total. The highest BCUT2D eigenvalue weighted by molar-refractivity contribution is 6.18. The van der Waals surface area contributed by atoms with Gasteiger partial charge in [0, 0.05) is 18.6 Å². The van der Waals surface area contributed by atoms with Crippen molar-refractivity contribution in [3.63, 3.8) is 0 Å². The number of carbonyl (C=O) groups is 1. The third-order valence-electron chi connectivity index (χ3n) is 1.51. The van der Waals surface area contributed by atoms with E-state index in [1.54, 1.807) is 6.07 Å². The zero-order valence-corrected chi connectivity index (χ0v) is 8.95. The lowest BCUT2D eigenvalue weighted by molar-refractivity contribution is -0.117. The molecule has 0 spiro atoms. The van der Waals surface area contributed by atoms with Crippen molar-refractivity contribution in [2.24, 2.45) is 0 Å². The van der Waals surface area contributed by atoms with E-state index in [1.165, 1.54) is 12.5 Å². The molecule has 0 radical (unpaired) electrons. The molecule has 16 heavy (non-hydrogen) atoms. The van der Waals surface area contributed by atoms with Crippen LogP contribution in [0.15, 0.2) is 18.1 Å². The van der Waals surface area contributed by atoms with Gasteiger partial charge in [-0.1, -0.05) is 0 Å². The highest BCUT2D eigenvalue weighted by Gasteiger charge is 2.07. The lowest BCUT2D eigenvalue weighted by Crippen LogP contribution is -2.26. The van der Waals surface area contributed by atoms with Crippen molar-refractivity contribution in [3.8, 4) is 6.07 Å². The summed E-state index contributed by atoms with van der Waals surface area (Å²) in [5.74, 6) is 0.146. The Bertz CT molecular complexity index is 407. The Morgan fingerprint density at radius 3 is 3.12 bits per heavy atom. The summed E-state index contributed by atoms with van der Waals surface area (Å²) in [6.45, 7) is 0.307. The minimum atomic E-state index is -0.491. The minimum absolute atomic E-state index is 0.0680. The fourth-order valence-corrected chi connectivity index (χ4v) is 0.915. The van der Waals surface area contributed by atoms with Crippen molar-refractivity contribution in [3.05, 3.63) is 18.1 Å². The largest absolute Gasteiger partial charge is 0.350 e. The van der Waals surface area contributed by atoms with Gasteiger partial charge in [-0.05, 0) is 0 Å². The SMILES string of the molecule is N#C/C(=C/Nc1ncn[nH]1)C(=O)NCCCl. The molecule has 0 aliphatic heterocycles. The Hall–Kier alpha value is -2.07. The second-order valence-electron chi connectivity index (χ2n) is 2.59. The fraction of sp³-hybridized carbons (Fsp3) is 0.250. The molecule has 0 bridgehead atoms. The molecule has 8 heteroatoms. The fourth-order valence-electron chi connectivity index (χ4n) is 0.820. The molecule has 1 aromatic rings. The lowest BCUT2D eigenvalue weighted by atomic mass is 10.3. The minimum Gasteiger partial charge on any atom is -0.350 e. The van der Waals surface area contributed by atoms with E-state index in [9.17, 15) is 4.79 Å². The number of alkyl halides is 1. The van der Waals surface area contributed by atoms with E-state index >= 15 is 0 Å². The summed E-state index contributed by atoms with van der Waals surface area (Å²) in [5, 5.41) is 19.9. The van der Waals surface area contributed by atoms with Gasteiger partial charge in [0.05, 0.1) is 0 Å². The van der Waals surface area contributed by atoms with E-state index in [4.69, 9.17) is 16.9 Å². The maximum Gasteiger partial charge on any atom is 0.263 e. The van der Waals surface area contributed by atoms with Crippen LogP contribution in [0.3, 0.4) is 0 Å². The van der Waals surface area contributed by atoms with E-state index in [0.717, 1.165) is 0 Å². The van der Waals surface area contributed by atoms with Gasteiger partial charge in [-0.2, -0.15) is 15.3 Å². The first-order chi connectivity index (χ1) is 7.77. The average molecular weight is 241 g/mol. The van der Waals surface area contributed by atoms with Gasteiger partial charge in [0.1, 0.15) is 18.0 Å². The molecule has 0 aliphatic carbocycles. The van der Waals surface area contributed by atoms with Crippen LogP contribution in [0, 0.1) is 11.3 Å². The number of hydrogen-bond acceptors (Lipinski definition) is 5. The quantitative estimate of drug-likeness (QED) is 0.381. The Morgan fingerprint density at radius 2 is 2.56 bits per heavy atom. The molecule has 1 amide bonds. The second-order valence-corrected chi connectivity index (χ2v) is 2.97. The van der Waals surface area contributed by atoms with Crippen molar-refractivity contribution in [1.29, 1.82) is 5.26 Å². The molecule has 0 unspecified atom stereocenters. The number of nitrogens with one attached hydrogen (secondary N) is 3. The predicted octanol–water partition coefficient (Wildman–Crippen LogP) is -0.0209. The van der Waals surface area contributed by atoms with Crippen molar-refractivity contribution in [2.75, 3.05) is 17.7 Å². The number of rotatable bonds is 5. The van der Waals surface area contributed by atoms with Crippen LogP contribution in [-0.4, -0.2) is 33.5 Å². The van der Waals surface area contributed by atoms with E-state index in [1.807, 2.05) is 0 Å². The molecule has 0 saturated heterocycles. The van der Waals surface area contributed by atoms with Gasteiger partial charge in [-0.15, -0.1) is 11.6 Å². The van der Waals surface area contributed by atoms with E-state index in [-0.39, 0.29) is 5.57 Å². The summed E-state index contributed by atoms with van der Waals surface area (Å²) in [4.78, 5) is 15.1. The van der Waals surface area contributed by atoms with Crippen LogP contribution >= 0.6 is 11.6 Å². The molecule has 0 fully saturated rings. The maximum absolute atomic E-state index is 11.3. The Kier molecular flexibility index (Phi) is 4.82. The zero-order valence-electron chi connectivity index (χ0n) is 8.20. The van der Waals surface area contributed by atoms with Crippen molar-refractivity contribution in [1.82, 2.24) is 20.5 Å². The van der Waals surface area contributed by atoms with Crippen molar-refractivity contribution in [2.45, 2.75) is 0 Å². The molecule has 0 aromatic carbocycles. The van der Waals surface area contributed by atoms with Gasteiger partial charge in [0.2, 0.25) is 5.95 Å². The summed E-state index contributed by atoms with van der Waals surface area (Å²) in [5.41, 5.74) is -0.0680. The number of nitrogens with zero attached hydrogens (tertiary/aromatic N) is 3. The molecule has 84 valence electrons. The highest BCUT2D eigenvalue weighted by atomic mass is 35.5. The topological polar surface area (TPSA) is 106 Å². The Morgan fingerprint density at radius 1 is 1.75 bits per heavy atom. The Balaban J connectivity index is 2.57. The number of H-pyrrole nitrogens is 1. The number of aromatic amines is 1. The molecule has 0 saturated carbocycles. The van der Waals surface area contributed by atoms with Gasteiger partial charge in [0.15, 0.2) is 0 Å². The number of carbonyl (C=O) groups excluding carboxylic acids is 1. The van der Waals surface area contributed by atoms with Crippen LogP contribution in [0.5, 0.6) is 0 Å². The third-order valence-corrected chi connectivity index (χ3v) is 1.70. The zero-order chi connectivity index (χ0) is 11.8. The Labute approximate surface area is 96.5 Å². The number of hydrogen-bond donors (Lipinski definition) is 3. The van der Waals surface area contributed by atoms with E-state index in [0.29, 0.717) is 18.4 Å². The van der Waals surface area contributed by atoms with Gasteiger partial charge in [0.25, 0.3) is 5.91 Å². The summed E-state index contributed by atoms with van der Waals surface area (Å²) >= 11 is 5.40. The number of halogens is 1. The number of anilines is 1. The van der Waals surface area contributed by atoms with Gasteiger partial charge < -0.3 is 10.6 Å². The smallest absolute Gasteiger partial charge is 0.263 e. The molecular weight excluding hydrogens is 232 g/mol. The van der Waals surface area contributed by atoms with Gasteiger partial charge in [-0.25, -0.2) is 5.10 Å². The molecule has 1 heterocycles. The van der Waals surface area contributed by atoms with Crippen LogP contribution in [0.1, 0.15) is 0 Å². The van der Waals surface area contributed by atoms with Crippen LogP contribution in [0.2, 0.25) is 0 Å². The molecule has 1 aromatic heterocycles. The first-order valence-electron chi connectivity index (χ1n) is 4.34. The maximum atomic E-state index is 11.3. The van der Waals surface area contributed by atoms with Crippen LogP contribution in [0.4, 0.5) is 5.95 Å². The molecular formula is C8H9ClN6O. The second kappa shape index (κ2) is 6.42. The van der Waals surface area contributed by atoms with Crippen molar-refractivity contribution < 1.29 is 4.79 Å². The highest BCUT2D eigenvalue weighted by Crippen LogP contribution is 1.96. The molecule has 3 N–H and O–H groups in total. The molecule has 0 aliphatic rings. The number of nitriles is 1. The van der Waals surface area contributed by atoms with Crippen LogP contribution < -0.4 is 10.6 Å². The standard InChI is InChI=1S/C8H9ClN6O/c9-1-2-11-7(16)6(3-10)4-12-8-13-5-14-15-8/h4-5H,1-2H2,(H,11,16)(H2,12,13,14,15)/b6-4-. The summed E-state index contributed by atoms with van der Waals surface area (Å²) in [6.07, 6.45) is 2.54.